The standard InChI is InChI=1S/C15H15ClN4O2S2.ClH/c16-13-1-2-14(23-13)24(21,22)20-8-4-11-12(20)3-5-18-15(11)19-9-6-17-7-10-19;/h1-5,8,17H,6-7,9-10H2;1H. The molecule has 1 fully saturated rings. The van der Waals surface area contributed by atoms with Crippen LogP contribution in [0.15, 0.2) is 40.9 Å². The molecule has 0 saturated carbocycles. The highest BCUT2D eigenvalue weighted by Crippen LogP contribution is 2.32. The van der Waals surface area contributed by atoms with Gasteiger partial charge in [0.05, 0.1) is 9.85 Å². The summed E-state index contributed by atoms with van der Waals surface area (Å²) in [5.74, 6) is 0.826. The number of halogens is 2. The zero-order chi connectivity index (χ0) is 16.7. The molecular formula is C15H16Cl2N4O2S2. The summed E-state index contributed by atoms with van der Waals surface area (Å²) in [6.45, 7) is 3.49. The number of piperazine rings is 1. The quantitative estimate of drug-likeness (QED) is 0.707. The minimum absolute atomic E-state index is 0. The molecule has 4 rings (SSSR count). The molecule has 6 nitrogen and oxygen atoms in total. The topological polar surface area (TPSA) is 67.2 Å². The lowest BCUT2D eigenvalue weighted by atomic mass is 10.2. The van der Waals surface area contributed by atoms with Gasteiger partial charge in [-0.05, 0) is 24.3 Å². The minimum atomic E-state index is -3.66. The van der Waals surface area contributed by atoms with Gasteiger partial charge in [-0.1, -0.05) is 11.6 Å². The lowest BCUT2D eigenvalue weighted by molar-refractivity contribution is 0.586. The molecule has 3 aromatic heterocycles. The smallest absolute Gasteiger partial charge is 0.277 e. The van der Waals surface area contributed by atoms with E-state index in [1.165, 1.54) is 10.0 Å². The maximum atomic E-state index is 12.9. The van der Waals surface area contributed by atoms with Gasteiger partial charge in [0.2, 0.25) is 0 Å². The van der Waals surface area contributed by atoms with E-state index in [2.05, 4.69) is 15.2 Å². The molecule has 0 aromatic carbocycles. The van der Waals surface area contributed by atoms with Crippen LogP contribution in [0.2, 0.25) is 4.34 Å². The van der Waals surface area contributed by atoms with Crippen molar-refractivity contribution in [3.8, 4) is 0 Å². The van der Waals surface area contributed by atoms with Crippen LogP contribution in [-0.4, -0.2) is 43.6 Å². The summed E-state index contributed by atoms with van der Waals surface area (Å²) >= 11 is 6.95. The second-order valence-electron chi connectivity index (χ2n) is 5.48. The number of aromatic nitrogens is 2. The van der Waals surface area contributed by atoms with Gasteiger partial charge in [0, 0.05) is 44.0 Å². The van der Waals surface area contributed by atoms with Crippen molar-refractivity contribution < 1.29 is 8.42 Å². The fraction of sp³-hybridized carbons (Fsp3) is 0.267. The summed E-state index contributed by atoms with van der Waals surface area (Å²) < 4.78 is 27.7. The van der Waals surface area contributed by atoms with Gasteiger partial charge in [-0.3, -0.25) is 0 Å². The minimum Gasteiger partial charge on any atom is -0.354 e. The van der Waals surface area contributed by atoms with Crippen LogP contribution < -0.4 is 10.2 Å². The molecule has 0 unspecified atom stereocenters. The van der Waals surface area contributed by atoms with Crippen molar-refractivity contribution in [2.75, 3.05) is 31.1 Å². The third kappa shape index (κ3) is 3.24. The lowest BCUT2D eigenvalue weighted by Gasteiger charge is -2.28. The number of rotatable bonds is 3. The van der Waals surface area contributed by atoms with Crippen molar-refractivity contribution in [2.24, 2.45) is 0 Å². The van der Waals surface area contributed by atoms with E-state index in [0.29, 0.717) is 9.85 Å². The highest BCUT2D eigenvalue weighted by atomic mass is 35.5. The molecule has 0 amide bonds. The molecule has 0 atom stereocenters. The van der Waals surface area contributed by atoms with Gasteiger partial charge in [-0.25, -0.2) is 8.96 Å². The molecule has 1 aliphatic heterocycles. The number of nitrogens with one attached hydrogen (secondary N) is 1. The van der Waals surface area contributed by atoms with Gasteiger partial charge in [-0.15, -0.1) is 23.7 Å². The van der Waals surface area contributed by atoms with Crippen molar-refractivity contribution in [3.63, 3.8) is 0 Å². The van der Waals surface area contributed by atoms with Gasteiger partial charge in [0.15, 0.2) is 0 Å². The molecule has 1 N–H and O–H groups in total. The highest BCUT2D eigenvalue weighted by molar-refractivity contribution is 7.92. The fourth-order valence-electron chi connectivity index (χ4n) is 2.90. The van der Waals surface area contributed by atoms with Crippen LogP contribution in [0.4, 0.5) is 5.82 Å². The maximum Gasteiger partial charge on any atom is 0.277 e. The predicted octanol–water partition coefficient (Wildman–Crippen LogP) is 2.82. The molecular weight excluding hydrogens is 403 g/mol. The summed E-state index contributed by atoms with van der Waals surface area (Å²) in [7, 11) is -3.66. The van der Waals surface area contributed by atoms with Crippen LogP contribution in [0.1, 0.15) is 0 Å². The first kappa shape index (κ1) is 18.5. The number of anilines is 1. The Morgan fingerprint density at radius 1 is 1.16 bits per heavy atom. The second-order valence-corrected chi connectivity index (χ2v) is 9.24. The number of pyridine rings is 1. The van der Waals surface area contributed by atoms with Gasteiger partial charge in [0.25, 0.3) is 10.0 Å². The Balaban J connectivity index is 0.00000182. The molecule has 3 aromatic rings. The third-order valence-corrected chi connectivity index (χ3v) is 7.43. The molecule has 0 aliphatic carbocycles. The van der Waals surface area contributed by atoms with Crippen LogP contribution in [0.3, 0.4) is 0 Å². The van der Waals surface area contributed by atoms with E-state index >= 15 is 0 Å². The Bertz CT molecular complexity index is 994. The third-order valence-electron chi connectivity index (χ3n) is 4.04. The van der Waals surface area contributed by atoms with Gasteiger partial charge in [-0.2, -0.15) is 8.42 Å². The first-order valence-electron chi connectivity index (χ1n) is 7.50. The Morgan fingerprint density at radius 3 is 2.60 bits per heavy atom. The molecule has 134 valence electrons. The number of nitrogens with zero attached hydrogens (tertiary/aromatic N) is 3. The van der Waals surface area contributed by atoms with E-state index in [1.54, 1.807) is 24.5 Å². The zero-order valence-corrected chi connectivity index (χ0v) is 16.3. The van der Waals surface area contributed by atoms with Crippen LogP contribution in [0.5, 0.6) is 0 Å². The average Bonchev–Trinajstić information content (AvgIpc) is 3.22. The first-order chi connectivity index (χ1) is 11.6. The van der Waals surface area contributed by atoms with Crippen LogP contribution >= 0.6 is 35.3 Å². The molecule has 4 heterocycles. The SMILES string of the molecule is Cl.O=S(=O)(c1ccc(Cl)s1)n1ccc2c(N3CCNCC3)nccc21. The molecule has 1 aliphatic rings. The van der Waals surface area contributed by atoms with Crippen LogP contribution in [-0.2, 0) is 10.0 Å². The predicted molar refractivity (Wildman–Crippen MR) is 104 cm³/mol. The second kappa shape index (κ2) is 7.13. The van der Waals surface area contributed by atoms with Gasteiger partial charge in [0.1, 0.15) is 10.0 Å². The molecule has 0 bridgehead atoms. The van der Waals surface area contributed by atoms with Crippen molar-refractivity contribution in [1.82, 2.24) is 14.3 Å². The van der Waals surface area contributed by atoms with E-state index in [1.807, 2.05) is 6.07 Å². The van der Waals surface area contributed by atoms with E-state index in [0.717, 1.165) is 48.7 Å². The molecule has 25 heavy (non-hydrogen) atoms. The number of fused-ring (bicyclic) bond motifs is 1. The summed E-state index contributed by atoms with van der Waals surface area (Å²) in [5.41, 5.74) is 0.628. The van der Waals surface area contributed by atoms with E-state index in [9.17, 15) is 8.42 Å². The Morgan fingerprint density at radius 2 is 1.92 bits per heavy atom. The van der Waals surface area contributed by atoms with Crippen LogP contribution in [0, 0.1) is 0 Å². The lowest BCUT2D eigenvalue weighted by Crippen LogP contribution is -2.43. The van der Waals surface area contributed by atoms with Crippen molar-refractivity contribution in [1.29, 1.82) is 0 Å². The van der Waals surface area contributed by atoms with Crippen LogP contribution in [0.25, 0.3) is 10.9 Å². The number of thiophene rings is 1. The van der Waals surface area contributed by atoms with E-state index < -0.39 is 10.0 Å². The summed E-state index contributed by atoms with van der Waals surface area (Å²) in [6, 6.07) is 6.67. The van der Waals surface area contributed by atoms with Gasteiger partial charge >= 0.3 is 0 Å². The van der Waals surface area contributed by atoms with Crippen molar-refractivity contribution >= 4 is 62.1 Å². The van der Waals surface area contributed by atoms with E-state index in [4.69, 9.17) is 11.6 Å². The first-order valence-corrected chi connectivity index (χ1v) is 10.1. The molecule has 0 radical (unpaired) electrons. The zero-order valence-electron chi connectivity index (χ0n) is 13.1. The summed E-state index contributed by atoms with van der Waals surface area (Å²) in [6.07, 6.45) is 3.24. The Hall–Kier alpha value is -1.32. The Labute approximate surface area is 160 Å². The normalized spacial score (nSPS) is 15.3. The van der Waals surface area contributed by atoms with Crippen molar-refractivity contribution in [3.05, 3.63) is 41.0 Å². The number of hydrogen-bond acceptors (Lipinski definition) is 6. The summed E-state index contributed by atoms with van der Waals surface area (Å²) in [5, 5.41) is 4.14. The van der Waals surface area contributed by atoms with Crippen molar-refractivity contribution in [2.45, 2.75) is 4.21 Å². The molecule has 1 saturated heterocycles. The number of hydrogen-bond donors (Lipinski definition) is 1. The molecule has 0 spiro atoms. The summed E-state index contributed by atoms with van der Waals surface area (Å²) in [4.78, 5) is 6.65. The highest BCUT2D eigenvalue weighted by Gasteiger charge is 2.23. The largest absolute Gasteiger partial charge is 0.354 e. The monoisotopic (exact) mass is 418 g/mol. The van der Waals surface area contributed by atoms with Gasteiger partial charge < -0.3 is 10.2 Å². The maximum absolute atomic E-state index is 12.9. The fourth-order valence-corrected chi connectivity index (χ4v) is 5.82. The van der Waals surface area contributed by atoms with E-state index in [-0.39, 0.29) is 16.6 Å². The average molecular weight is 419 g/mol. The Kier molecular flexibility index (Phi) is 5.26. The molecule has 10 heteroatoms.